The second-order valence-electron chi connectivity index (χ2n) is 5.63. The molecule has 0 unspecified atom stereocenters. The second-order valence-corrected chi connectivity index (χ2v) is 6.03. The largest absolute Gasteiger partial charge is 0.346 e. The van der Waals surface area contributed by atoms with Gasteiger partial charge >= 0.3 is 0 Å². The molecule has 0 saturated carbocycles. The number of aromatic nitrogens is 2. The fraction of sp³-hybridized carbons (Fsp3) is 0.375. The highest BCUT2D eigenvalue weighted by Crippen LogP contribution is 2.18. The number of amides is 1. The van der Waals surface area contributed by atoms with Crippen molar-refractivity contribution in [3.63, 3.8) is 0 Å². The number of rotatable bonds is 5. The first-order valence-corrected chi connectivity index (χ1v) is 7.50. The normalized spacial score (nSPS) is 11.0. The number of benzene rings is 1. The monoisotopic (exact) mass is 323 g/mol. The summed E-state index contributed by atoms with van der Waals surface area (Å²) in [6, 6.07) is 6.20. The van der Waals surface area contributed by atoms with Crippen molar-refractivity contribution in [1.82, 2.24) is 15.1 Å². The number of carbonyl (C=O) groups is 1. The van der Waals surface area contributed by atoms with Crippen molar-refractivity contribution < 1.29 is 9.18 Å². The van der Waals surface area contributed by atoms with Crippen LogP contribution in [0.3, 0.4) is 0 Å². The number of hydrogen-bond acceptors (Lipinski definition) is 2. The van der Waals surface area contributed by atoms with Crippen LogP contribution < -0.4 is 5.32 Å². The average Bonchev–Trinajstić information content (AvgIpc) is 2.78. The van der Waals surface area contributed by atoms with Crippen molar-refractivity contribution in [1.29, 1.82) is 0 Å². The average molecular weight is 324 g/mol. The van der Waals surface area contributed by atoms with E-state index in [0.717, 1.165) is 12.1 Å². The maximum absolute atomic E-state index is 13.7. The zero-order chi connectivity index (χ0) is 16.3. The minimum absolute atomic E-state index is 0.0367. The quantitative estimate of drug-likeness (QED) is 0.917. The van der Waals surface area contributed by atoms with Crippen LogP contribution >= 0.6 is 11.6 Å². The summed E-state index contributed by atoms with van der Waals surface area (Å²) in [7, 11) is 1.72. The van der Waals surface area contributed by atoms with E-state index >= 15 is 0 Å². The Kier molecular flexibility index (Phi) is 5.19. The molecule has 4 nitrogen and oxygen atoms in total. The molecular weight excluding hydrogens is 305 g/mol. The summed E-state index contributed by atoms with van der Waals surface area (Å²) in [4.78, 5) is 12.2. The van der Waals surface area contributed by atoms with Crippen LogP contribution in [-0.4, -0.2) is 15.7 Å². The Balaban J connectivity index is 2.08. The summed E-state index contributed by atoms with van der Waals surface area (Å²) < 4.78 is 15.2. The maximum atomic E-state index is 13.7. The van der Waals surface area contributed by atoms with Gasteiger partial charge in [0.05, 0.1) is 5.69 Å². The molecule has 2 rings (SSSR count). The standard InChI is InChI=1S/C16H19ClFN3O/c1-10(2)7-11-8-15(21(3)20-11)16(22)19-9-12-13(17)5-4-6-14(12)18/h4-6,8,10H,7,9H2,1-3H3,(H,19,22). The number of nitrogens with one attached hydrogen (secondary N) is 1. The molecule has 0 aliphatic carbocycles. The van der Waals surface area contributed by atoms with Crippen molar-refractivity contribution in [2.75, 3.05) is 0 Å². The molecular formula is C16H19ClFN3O. The third-order valence-electron chi connectivity index (χ3n) is 3.27. The topological polar surface area (TPSA) is 46.9 Å². The maximum Gasteiger partial charge on any atom is 0.269 e. The molecule has 1 aromatic carbocycles. The molecule has 0 spiro atoms. The fourth-order valence-corrected chi connectivity index (χ4v) is 2.45. The Morgan fingerprint density at radius 1 is 1.45 bits per heavy atom. The van der Waals surface area contributed by atoms with Gasteiger partial charge in [0, 0.05) is 24.2 Å². The van der Waals surface area contributed by atoms with Crippen LogP contribution in [0.15, 0.2) is 24.3 Å². The van der Waals surface area contributed by atoms with Gasteiger partial charge in [-0.25, -0.2) is 4.39 Å². The smallest absolute Gasteiger partial charge is 0.269 e. The third kappa shape index (κ3) is 3.85. The predicted molar refractivity (Wildman–Crippen MR) is 84.3 cm³/mol. The number of hydrogen-bond donors (Lipinski definition) is 1. The Morgan fingerprint density at radius 3 is 2.82 bits per heavy atom. The van der Waals surface area contributed by atoms with Gasteiger partial charge in [-0.15, -0.1) is 0 Å². The van der Waals surface area contributed by atoms with E-state index in [1.165, 1.54) is 16.8 Å². The number of nitrogens with zero attached hydrogens (tertiary/aromatic N) is 2. The van der Waals surface area contributed by atoms with E-state index in [-0.39, 0.29) is 18.0 Å². The van der Waals surface area contributed by atoms with Gasteiger partial charge in [-0.3, -0.25) is 9.48 Å². The van der Waals surface area contributed by atoms with E-state index in [0.29, 0.717) is 16.6 Å². The molecule has 0 radical (unpaired) electrons. The summed E-state index contributed by atoms with van der Waals surface area (Å²) in [6.07, 6.45) is 0.806. The first-order chi connectivity index (χ1) is 10.4. The van der Waals surface area contributed by atoms with Crippen LogP contribution in [0.25, 0.3) is 0 Å². The molecule has 0 aliphatic heterocycles. The Hall–Kier alpha value is -1.88. The highest BCUT2D eigenvalue weighted by atomic mass is 35.5. The predicted octanol–water partition coefficient (Wildman–Crippen LogP) is 3.34. The third-order valence-corrected chi connectivity index (χ3v) is 3.62. The molecule has 1 aromatic heterocycles. The van der Waals surface area contributed by atoms with Crippen LogP contribution in [0.5, 0.6) is 0 Å². The van der Waals surface area contributed by atoms with Crippen molar-refractivity contribution in [2.24, 2.45) is 13.0 Å². The molecule has 0 aliphatic rings. The van der Waals surface area contributed by atoms with E-state index in [4.69, 9.17) is 11.6 Å². The summed E-state index contributed by atoms with van der Waals surface area (Å²) in [5, 5.41) is 7.29. The van der Waals surface area contributed by atoms with E-state index in [2.05, 4.69) is 24.3 Å². The molecule has 1 heterocycles. The molecule has 0 fully saturated rings. The van der Waals surface area contributed by atoms with Crippen LogP contribution in [-0.2, 0) is 20.0 Å². The van der Waals surface area contributed by atoms with Crippen LogP contribution in [0.2, 0.25) is 5.02 Å². The van der Waals surface area contributed by atoms with Gasteiger partial charge in [0.25, 0.3) is 5.91 Å². The van der Waals surface area contributed by atoms with E-state index in [9.17, 15) is 9.18 Å². The van der Waals surface area contributed by atoms with E-state index < -0.39 is 5.82 Å². The highest BCUT2D eigenvalue weighted by molar-refractivity contribution is 6.31. The van der Waals surface area contributed by atoms with Gasteiger partial charge in [0.15, 0.2) is 0 Å². The lowest BCUT2D eigenvalue weighted by Crippen LogP contribution is -2.25. The zero-order valence-corrected chi connectivity index (χ0v) is 13.6. The van der Waals surface area contributed by atoms with Crippen LogP contribution in [0.1, 0.15) is 35.6 Å². The van der Waals surface area contributed by atoms with Crippen LogP contribution in [0.4, 0.5) is 4.39 Å². The Labute approximate surface area is 134 Å². The number of aryl methyl sites for hydroxylation is 1. The molecule has 1 N–H and O–H groups in total. The molecule has 2 aromatic rings. The minimum atomic E-state index is -0.432. The zero-order valence-electron chi connectivity index (χ0n) is 12.9. The molecule has 22 heavy (non-hydrogen) atoms. The van der Waals surface area contributed by atoms with E-state index in [1.54, 1.807) is 19.2 Å². The Morgan fingerprint density at radius 2 is 2.18 bits per heavy atom. The summed E-state index contributed by atoms with van der Waals surface area (Å²) in [5.74, 6) is -0.273. The second kappa shape index (κ2) is 6.92. The van der Waals surface area contributed by atoms with Crippen molar-refractivity contribution in [3.8, 4) is 0 Å². The first-order valence-electron chi connectivity index (χ1n) is 7.12. The van der Waals surface area contributed by atoms with Crippen molar-refractivity contribution >= 4 is 17.5 Å². The number of halogens is 2. The highest BCUT2D eigenvalue weighted by Gasteiger charge is 2.15. The van der Waals surface area contributed by atoms with Crippen LogP contribution in [0, 0.1) is 11.7 Å². The fourth-order valence-electron chi connectivity index (χ4n) is 2.22. The minimum Gasteiger partial charge on any atom is -0.346 e. The summed E-state index contributed by atoms with van der Waals surface area (Å²) in [6.45, 7) is 4.22. The summed E-state index contributed by atoms with van der Waals surface area (Å²) in [5.41, 5.74) is 1.59. The molecule has 1 amide bonds. The number of carbonyl (C=O) groups excluding carboxylic acids is 1. The summed E-state index contributed by atoms with van der Waals surface area (Å²) >= 11 is 5.94. The lowest BCUT2D eigenvalue weighted by atomic mass is 10.1. The van der Waals surface area contributed by atoms with Gasteiger partial charge in [-0.2, -0.15) is 5.10 Å². The van der Waals surface area contributed by atoms with Crippen molar-refractivity contribution in [2.45, 2.75) is 26.8 Å². The first kappa shape index (κ1) is 16.5. The SMILES string of the molecule is CC(C)Cc1cc(C(=O)NCc2c(F)cccc2Cl)n(C)n1. The Bertz CT molecular complexity index is 662. The molecule has 0 atom stereocenters. The van der Waals surface area contributed by atoms with Gasteiger partial charge in [-0.1, -0.05) is 31.5 Å². The molecule has 0 saturated heterocycles. The molecule has 6 heteroatoms. The van der Waals surface area contributed by atoms with Gasteiger partial charge in [0.1, 0.15) is 11.5 Å². The van der Waals surface area contributed by atoms with Gasteiger partial charge in [-0.05, 0) is 30.5 Å². The lowest BCUT2D eigenvalue weighted by Gasteiger charge is -2.08. The molecule has 0 bridgehead atoms. The molecule has 118 valence electrons. The van der Waals surface area contributed by atoms with Gasteiger partial charge in [0.2, 0.25) is 0 Å². The lowest BCUT2D eigenvalue weighted by molar-refractivity contribution is 0.0941. The van der Waals surface area contributed by atoms with E-state index in [1.807, 2.05) is 0 Å². The van der Waals surface area contributed by atoms with Gasteiger partial charge < -0.3 is 5.32 Å². The van der Waals surface area contributed by atoms with Crippen molar-refractivity contribution in [3.05, 3.63) is 52.1 Å².